The Labute approximate surface area is 197 Å². The molecule has 0 saturated carbocycles. The molecule has 0 amide bonds. The summed E-state index contributed by atoms with van der Waals surface area (Å²) >= 11 is 1.42. The number of nitrogens with zero attached hydrogens (tertiary/aromatic N) is 5. The van der Waals surface area contributed by atoms with Gasteiger partial charge in [-0.25, -0.2) is 27.7 Å². The minimum atomic E-state index is -3.19. The normalized spacial score (nSPS) is 17.2. The van der Waals surface area contributed by atoms with Crippen molar-refractivity contribution in [1.82, 2.24) is 23.8 Å². The molecule has 1 atom stereocenters. The van der Waals surface area contributed by atoms with Crippen molar-refractivity contribution in [2.45, 2.75) is 35.9 Å². The van der Waals surface area contributed by atoms with Crippen LogP contribution in [0, 0.1) is 18.3 Å². The summed E-state index contributed by atoms with van der Waals surface area (Å²) in [6.45, 7) is 1.73. The first-order valence-corrected chi connectivity index (χ1v) is 13.2. The van der Waals surface area contributed by atoms with Crippen LogP contribution in [-0.4, -0.2) is 58.7 Å². The average Bonchev–Trinajstić information content (AvgIpc) is 3.15. The van der Waals surface area contributed by atoms with Crippen LogP contribution in [0.5, 0.6) is 5.75 Å². The number of imidazole rings is 1. The van der Waals surface area contributed by atoms with Gasteiger partial charge in [0, 0.05) is 30.1 Å². The Morgan fingerprint density at radius 3 is 2.91 bits per heavy atom. The van der Waals surface area contributed by atoms with Gasteiger partial charge in [0.2, 0.25) is 10.0 Å². The Hall–Kier alpha value is -2.81. The summed E-state index contributed by atoms with van der Waals surface area (Å²) in [5.41, 5.74) is 7.99. The Morgan fingerprint density at radius 1 is 1.36 bits per heavy atom. The largest absolute Gasteiger partial charge is 0.497 e. The van der Waals surface area contributed by atoms with Crippen molar-refractivity contribution in [1.29, 1.82) is 0 Å². The summed E-state index contributed by atoms with van der Waals surface area (Å²) in [6.07, 6.45) is 11.0. The summed E-state index contributed by atoms with van der Waals surface area (Å²) in [7, 11) is -1.59. The second kappa shape index (κ2) is 9.59. The molecule has 1 aliphatic rings. The van der Waals surface area contributed by atoms with E-state index in [2.05, 4.69) is 15.9 Å². The molecule has 0 bridgehead atoms. The average molecular weight is 487 g/mol. The van der Waals surface area contributed by atoms with E-state index in [1.807, 2.05) is 22.8 Å². The topological polar surface area (TPSA) is 116 Å². The van der Waals surface area contributed by atoms with Crippen LogP contribution in [0.3, 0.4) is 0 Å². The van der Waals surface area contributed by atoms with Gasteiger partial charge in [0.15, 0.2) is 22.1 Å². The van der Waals surface area contributed by atoms with Crippen LogP contribution >= 0.6 is 11.8 Å². The number of fused-ring (bicyclic) bond motifs is 1. The highest BCUT2D eigenvalue weighted by Gasteiger charge is 2.26. The lowest BCUT2D eigenvalue weighted by molar-refractivity contribution is 0.249. The monoisotopic (exact) mass is 486 g/mol. The molecular weight excluding hydrogens is 460 g/mol. The van der Waals surface area contributed by atoms with Crippen molar-refractivity contribution in [2.75, 3.05) is 32.2 Å². The first-order chi connectivity index (χ1) is 15.8. The van der Waals surface area contributed by atoms with Crippen molar-refractivity contribution >= 4 is 38.8 Å². The van der Waals surface area contributed by atoms with Gasteiger partial charge < -0.3 is 15.0 Å². The van der Waals surface area contributed by atoms with Crippen LogP contribution in [0.4, 0.5) is 5.82 Å². The smallest absolute Gasteiger partial charge is 0.211 e. The molecule has 0 spiro atoms. The summed E-state index contributed by atoms with van der Waals surface area (Å²) in [6, 6.07) is 5.54. The highest BCUT2D eigenvalue weighted by atomic mass is 32.2. The highest BCUT2D eigenvalue weighted by molar-refractivity contribution is 7.99. The van der Waals surface area contributed by atoms with Crippen LogP contribution in [0.25, 0.3) is 11.2 Å². The molecule has 2 aromatic heterocycles. The summed E-state index contributed by atoms with van der Waals surface area (Å²) in [4.78, 5) is 14.0. The number of piperidine rings is 1. The maximum atomic E-state index is 12.0. The molecule has 1 aliphatic heterocycles. The standard InChI is InChI=1S/C22H26N6O3S2/c1-4-16-7-8-17(31-2)12-18(16)32-22-26-19-20(23)24-14-25-21(19)28(22)11-9-15-6-5-10-27(13-15)33(3,29)30/h1,7-8,12,14-15H,5-6,9-11,13H2,2-3H3,(H2,23,24,25). The van der Waals surface area contributed by atoms with Gasteiger partial charge in [-0.05, 0) is 43.4 Å². The van der Waals surface area contributed by atoms with Gasteiger partial charge in [-0.3, -0.25) is 0 Å². The molecule has 11 heteroatoms. The Kier molecular flexibility index (Phi) is 6.78. The van der Waals surface area contributed by atoms with Gasteiger partial charge in [0.05, 0.1) is 13.4 Å². The maximum Gasteiger partial charge on any atom is 0.211 e. The van der Waals surface area contributed by atoms with E-state index in [9.17, 15) is 8.42 Å². The van der Waals surface area contributed by atoms with E-state index in [4.69, 9.17) is 21.9 Å². The third-order valence-corrected chi connectivity index (χ3v) is 8.10. The van der Waals surface area contributed by atoms with E-state index in [0.29, 0.717) is 47.5 Å². The molecule has 1 aromatic carbocycles. The number of hydrogen-bond donors (Lipinski definition) is 1. The maximum absolute atomic E-state index is 12.0. The molecular formula is C22H26N6O3S2. The number of hydrogen-bond acceptors (Lipinski definition) is 8. The van der Waals surface area contributed by atoms with E-state index in [1.165, 1.54) is 24.3 Å². The fourth-order valence-electron chi connectivity index (χ4n) is 4.02. The van der Waals surface area contributed by atoms with E-state index in [0.717, 1.165) is 29.7 Å². The van der Waals surface area contributed by atoms with E-state index in [1.54, 1.807) is 11.4 Å². The first-order valence-electron chi connectivity index (χ1n) is 10.5. The molecule has 33 heavy (non-hydrogen) atoms. The molecule has 174 valence electrons. The Balaban J connectivity index is 1.65. The number of rotatable bonds is 7. The Bertz CT molecular complexity index is 1320. The summed E-state index contributed by atoms with van der Waals surface area (Å²) in [5, 5.41) is 0.692. The number of anilines is 1. The van der Waals surface area contributed by atoms with Crippen LogP contribution < -0.4 is 10.5 Å². The number of nitrogen functional groups attached to an aromatic ring is 1. The first kappa shape index (κ1) is 23.4. The van der Waals surface area contributed by atoms with Crippen molar-refractivity contribution in [2.24, 2.45) is 5.92 Å². The molecule has 2 N–H and O–H groups in total. The van der Waals surface area contributed by atoms with E-state index < -0.39 is 10.0 Å². The summed E-state index contributed by atoms with van der Waals surface area (Å²) < 4.78 is 32.9. The lowest BCUT2D eigenvalue weighted by atomic mass is 9.96. The second-order valence-electron chi connectivity index (χ2n) is 8.00. The third-order valence-electron chi connectivity index (χ3n) is 5.78. The predicted octanol–water partition coefficient (Wildman–Crippen LogP) is 2.61. The molecule has 4 rings (SSSR count). The van der Waals surface area contributed by atoms with Crippen molar-refractivity contribution in [3.05, 3.63) is 30.1 Å². The van der Waals surface area contributed by atoms with Crippen molar-refractivity contribution in [3.8, 4) is 18.1 Å². The van der Waals surface area contributed by atoms with E-state index in [-0.39, 0.29) is 5.92 Å². The molecule has 1 unspecified atom stereocenters. The predicted molar refractivity (Wildman–Crippen MR) is 129 cm³/mol. The highest BCUT2D eigenvalue weighted by Crippen LogP contribution is 2.35. The number of sulfonamides is 1. The molecule has 3 aromatic rings. The van der Waals surface area contributed by atoms with Crippen LogP contribution in [0.1, 0.15) is 24.8 Å². The lowest BCUT2D eigenvalue weighted by Crippen LogP contribution is -2.39. The minimum absolute atomic E-state index is 0.251. The lowest BCUT2D eigenvalue weighted by Gasteiger charge is -2.31. The molecule has 1 saturated heterocycles. The zero-order valence-corrected chi connectivity index (χ0v) is 20.2. The second-order valence-corrected chi connectivity index (χ2v) is 11.0. The van der Waals surface area contributed by atoms with Gasteiger partial charge >= 0.3 is 0 Å². The fraction of sp³-hybridized carbons (Fsp3) is 0.409. The number of nitrogens with two attached hydrogens (primary N) is 1. The number of aryl methyl sites for hydroxylation is 1. The molecule has 1 fully saturated rings. The number of terminal acetylenes is 1. The third kappa shape index (κ3) is 5.08. The molecule has 0 radical (unpaired) electrons. The van der Waals surface area contributed by atoms with Gasteiger partial charge in [-0.15, -0.1) is 6.42 Å². The van der Waals surface area contributed by atoms with Crippen LogP contribution in [0.2, 0.25) is 0 Å². The van der Waals surface area contributed by atoms with E-state index >= 15 is 0 Å². The van der Waals surface area contributed by atoms with Gasteiger partial charge in [0.25, 0.3) is 0 Å². The van der Waals surface area contributed by atoms with Crippen molar-refractivity contribution < 1.29 is 13.2 Å². The number of benzene rings is 1. The molecule has 3 heterocycles. The number of aromatic nitrogens is 4. The zero-order chi connectivity index (χ0) is 23.6. The van der Waals surface area contributed by atoms with Gasteiger partial charge in [-0.1, -0.05) is 17.7 Å². The summed E-state index contributed by atoms with van der Waals surface area (Å²) in [5.74, 6) is 3.96. The van der Waals surface area contributed by atoms with Crippen molar-refractivity contribution in [3.63, 3.8) is 0 Å². The Morgan fingerprint density at radius 2 is 2.18 bits per heavy atom. The van der Waals surface area contributed by atoms with Gasteiger partial charge in [-0.2, -0.15) is 0 Å². The zero-order valence-electron chi connectivity index (χ0n) is 18.6. The SMILES string of the molecule is C#Cc1ccc(OC)cc1Sc1nc2c(N)ncnc2n1CCC1CCCN(S(C)(=O)=O)C1. The molecule has 0 aliphatic carbocycles. The molecule has 9 nitrogen and oxygen atoms in total. The number of methoxy groups -OCH3 is 1. The van der Waals surface area contributed by atoms with Crippen LogP contribution in [0.15, 0.2) is 34.6 Å². The fourth-order valence-corrected chi connectivity index (χ4v) is 6.00. The number of ether oxygens (including phenoxy) is 1. The van der Waals surface area contributed by atoms with Gasteiger partial charge in [0.1, 0.15) is 12.1 Å². The van der Waals surface area contributed by atoms with Crippen LogP contribution in [-0.2, 0) is 16.6 Å². The quantitative estimate of drug-likeness (QED) is 0.507. The minimum Gasteiger partial charge on any atom is -0.497 e.